The largest absolute Gasteiger partial charge is 0.478 e. The highest BCUT2D eigenvalue weighted by Crippen LogP contribution is 2.13. The first kappa shape index (κ1) is 25.1. The maximum atomic E-state index is 10.7. The maximum absolute atomic E-state index is 10.7. The van der Waals surface area contributed by atoms with E-state index in [2.05, 4.69) is 39.0 Å². The van der Waals surface area contributed by atoms with Crippen LogP contribution < -0.4 is 0 Å². The molecule has 0 aliphatic heterocycles. The molecule has 0 saturated carbocycles. The Morgan fingerprint density at radius 3 is 2.41 bits per heavy atom. The Hall–Kier alpha value is -1.91. The Morgan fingerprint density at radius 1 is 1.11 bits per heavy atom. The lowest BCUT2D eigenvalue weighted by Crippen LogP contribution is -2.06. The normalized spacial score (nSPS) is 15.5. The van der Waals surface area contributed by atoms with Crippen LogP contribution in [0, 0.1) is 0 Å². The van der Waals surface area contributed by atoms with Crippen LogP contribution >= 0.6 is 0 Å². The average molecular weight is 377 g/mol. The van der Waals surface area contributed by atoms with Crippen LogP contribution in [0.3, 0.4) is 0 Å². The second-order valence-corrected chi connectivity index (χ2v) is 6.90. The summed E-state index contributed by atoms with van der Waals surface area (Å²) in [4.78, 5) is 10.7. The third-order valence-electron chi connectivity index (χ3n) is 4.27. The minimum absolute atomic E-state index is 0.0747. The van der Waals surface area contributed by atoms with E-state index in [1.807, 2.05) is 6.92 Å². The van der Waals surface area contributed by atoms with E-state index < -0.39 is 18.7 Å². The van der Waals surface area contributed by atoms with Crippen molar-refractivity contribution in [2.45, 2.75) is 72.3 Å². The highest BCUT2D eigenvalue weighted by atomic mass is 16.4. The van der Waals surface area contributed by atoms with Gasteiger partial charge < -0.3 is 15.3 Å². The van der Waals surface area contributed by atoms with Crippen LogP contribution in [0.25, 0.3) is 0 Å². The maximum Gasteiger partial charge on any atom is 0.333 e. The van der Waals surface area contributed by atoms with Crippen LogP contribution in [-0.4, -0.2) is 34.0 Å². The lowest BCUT2D eigenvalue weighted by atomic mass is 10.0. The van der Waals surface area contributed by atoms with Crippen molar-refractivity contribution in [2.75, 3.05) is 6.61 Å². The number of aliphatic carboxylic acids is 1. The van der Waals surface area contributed by atoms with Crippen molar-refractivity contribution in [3.05, 3.63) is 58.7 Å². The van der Waals surface area contributed by atoms with Gasteiger partial charge in [0.15, 0.2) is 0 Å². The van der Waals surface area contributed by atoms with E-state index in [4.69, 9.17) is 10.2 Å². The molecule has 0 unspecified atom stereocenters. The third-order valence-corrected chi connectivity index (χ3v) is 4.27. The first-order valence-electron chi connectivity index (χ1n) is 9.70. The Bertz CT molecular complexity index is 591. The summed E-state index contributed by atoms with van der Waals surface area (Å²) in [7, 11) is 0. The van der Waals surface area contributed by atoms with E-state index in [0.29, 0.717) is 6.42 Å². The summed E-state index contributed by atoms with van der Waals surface area (Å²) < 4.78 is 0. The number of hydrogen-bond donors (Lipinski definition) is 3. The van der Waals surface area contributed by atoms with Gasteiger partial charge in [-0.25, -0.2) is 4.79 Å². The van der Waals surface area contributed by atoms with Gasteiger partial charge in [0.2, 0.25) is 0 Å². The number of allylic oxidation sites excluding steroid dienone is 7. The van der Waals surface area contributed by atoms with Gasteiger partial charge in [-0.15, -0.1) is 0 Å². The van der Waals surface area contributed by atoms with Crippen molar-refractivity contribution in [3.63, 3.8) is 0 Å². The summed E-state index contributed by atoms with van der Waals surface area (Å²) in [6.45, 7) is 7.85. The van der Waals surface area contributed by atoms with Crippen molar-refractivity contribution in [1.82, 2.24) is 0 Å². The van der Waals surface area contributed by atoms with Gasteiger partial charge in [-0.05, 0) is 58.1 Å². The fourth-order valence-corrected chi connectivity index (χ4v) is 2.49. The highest BCUT2D eigenvalue weighted by Gasteiger charge is 2.05. The van der Waals surface area contributed by atoms with Gasteiger partial charge in [0.25, 0.3) is 0 Å². The molecule has 1 atom stereocenters. The molecule has 0 rings (SSSR count). The molecule has 0 amide bonds. The molecule has 0 saturated heterocycles. The number of unbranched alkanes of at least 4 members (excludes halogenated alkanes) is 2. The number of aliphatic hydroxyl groups excluding tert-OH is 2. The van der Waals surface area contributed by atoms with Crippen LogP contribution in [0.4, 0.5) is 0 Å². The molecule has 0 aromatic heterocycles. The number of hydrogen-bond acceptors (Lipinski definition) is 3. The molecule has 0 spiro atoms. The fourth-order valence-electron chi connectivity index (χ4n) is 2.49. The van der Waals surface area contributed by atoms with Gasteiger partial charge >= 0.3 is 5.97 Å². The molecule has 3 N–H and O–H groups in total. The molecule has 0 aliphatic rings. The molecular formula is C23H36O4. The molecule has 27 heavy (non-hydrogen) atoms. The Balaban J connectivity index is 4.44. The fraction of sp³-hybridized carbons (Fsp3) is 0.522. The molecular weight excluding hydrogens is 340 g/mol. The van der Waals surface area contributed by atoms with E-state index in [0.717, 1.165) is 24.8 Å². The molecule has 0 heterocycles. The summed E-state index contributed by atoms with van der Waals surface area (Å²) in [5.74, 6) is -1.14. The highest BCUT2D eigenvalue weighted by molar-refractivity contribution is 5.87. The number of carbonyl (C=O) groups is 1. The molecule has 4 nitrogen and oxygen atoms in total. The van der Waals surface area contributed by atoms with E-state index in [1.54, 1.807) is 12.2 Å². The molecule has 0 radical (unpaired) electrons. The van der Waals surface area contributed by atoms with Crippen molar-refractivity contribution in [1.29, 1.82) is 0 Å². The lowest BCUT2D eigenvalue weighted by Gasteiger charge is -2.09. The van der Waals surface area contributed by atoms with Crippen molar-refractivity contribution >= 4 is 5.97 Å². The van der Waals surface area contributed by atoms with Gasteiger partial charge in [0.1, 0.15) is 0 Å². The van der Waals surface area contributed by atoms with Crippen molar-refractivity contribution in [2.24, 2.45) is 0 Å². The topological polar surface area (TPSA) is 77.8 Å². The van der Waals surface area contributed by atoms with E-state index >= 15 is 0 Å². The number of aliphatic hydroxyl groups is 2. The van der Waals surface area contributed by atoms with E-state index in [9.17, 15) is 9.90 Å². The van der Waals surface area contributed by atoms with Crippen LogP contribution in [0.15, 0.2) is 58.7 Å². The van der Waals surface area contributed by atoms with Crippen LogP contribution in [0.2, 0.25) is 0 Å². The Kier molecular flexibility index (Phi) is 14.1. The third kappa shape index (κ3) is 13.0. The summed E-state index contributed by atoms with van der Waals surface area (Å²) in [5, 5.41) is 27.8. The smallest absolute Gasteiger partial charge is 0.333 e. The minimum Gasteiger partial charge on any atom is -0.478 e. The van der Waals surface area contributed by atoms with Gasteiger partial charge in [0, 0.05) is 0 Å². The molecule has 0 bridgehead atoms. The molecule has 0 fully saturated rings. The molecule has 0 aromatic rings. The van der Waals surface area contributed by atoms with Crippen molar-refractivity contribution in [3.8, 4) is 0 Å². The van der Waals surface area contributed by atoms with Gasteiger partial charge in [-0.1, -0.05) is 61.3 Å². The van der Waals surface area contributed by atoms with E-state index in [-0.39, 0.29) is 5.57 Å². The van der Waals surface area contributed by atoms with E-state index in [1.165, 1.54) is 30.1 Å². The van der Waals surface area contributed by atoms with Gasteiger partial charge in [-0.3, -0.25) is 0 Å². The lowest BCUT2D eigenvalue weighted by molar-refractivity contribution is -0.133. The molecule has 0 aliphatic carbocycles. The Labute approximate surface area is 164 Å². The van der Waals surface area contributed by atoms with Crippen LogP contribution in [0.1, 0.15) is 66.2 Å². The predicted octanol–water partition coefficient (Wildman–Crippen LogP) is 5.11. The predicted molar refractivity (Wildman–Crippen MR) is 113 cm³/mol. The zero-order valence-corrected chi connectivity index (χ0v) is 17.2. The van der Waals surface area contributed by atoms with Gasteiger partial charge in [0.05, 0.1) is 18.3 Å². The zero-order valence-electron chi connectivity index (χ0n) is 17.2. The monoisotopic (exact) mass is 376 g/mol. The quantitative estimate of drug-likeness (QED) is 0.181. The molecule has 152 valence electrons. The number of rotatable bonds is 13. The summed E-state index contributed by atoms with van der Waals surface area (Å²) in [6, 6.07) is 0. The summed E-state index contributed by atoms with van der Waals surface area (Å²) >= 11 is 0. The second kappa shape index (κ2) is 15.2. The summed E-state index contributed by atoms with van der Waals surface area (Å²) in [6.07, 6.45) is 16.4. The second-order valence-electron chi connectivity index (χ2n) is 6.90. The average Bonchev–Trinajstić information content (AvgIpc) is 2.61. The standard InChI is InChI=1S/C23H36O4/c1-5-6-7-11-18(2)16-19(3)12-10-13-20(4)22(25)15-9-8-14-21(17-24)23(26)27/h8-9,11,13-14,16,22,24-25H,5-7,10,12,15,17H2,1-4H3,(H,26,27)/b9-8+,18-11+,19-16+,20-13+,21-14+/t22-/m0/s1. The van der Waals surface area contributed by atoms with Crippen molar-refractivity contribution < 1.29 is 20.1 Å². The summed E-state index contributed by atoms with van der Waals surface area (Å²) in [5.41, 5.74) is 3.47. The minimum atomic E-state index is -1.14. The molecule has 4 heteroatoms. The number of carboxylic acid groups (broad SMARTS) is 1. The number of carboxylic acids is 1. The first-order valence-corrected chi connectivity index (χ1v) is 9.70. The van der Waals surface area contributed by atoms with Gasteiger partial charge in [-0.2, -0.15) is 0 Å². The Morgan fingerprint density at radius 2 is 1.81 bits per heavy atom. The SMILES string of the molecule is CCCC/C=C(C)/C=C(\C)CC/C=C(\C)[C@@H](O)C/C=C/C=C(\CO)C(=O)O. The zero-order chi connectivity index (χ0) is 20.7. The molecule has 0 aromatic carbocycles. The first-order chi connectivity index (χ1) is 12.8. The van der Waals surface area contributed by atoms with Crippen LogP contribution in [-0.2, 0) is 4.79 Å². The van der Waals surface area contributed by atoms with Crippen LogP contribution in [0.5, 0.6) is 0 Å².